The molecule has 3 atom stereocenters. The van der Waals surface area contributed by atoms with Gasteiger partial charge in [0.25, 0.3) is 16.1 Å². The fourth-order valence-corrected chi connectivity index (χ4v) is 7.60. The Morgan fingerprint density at radius 3 is 2.65 bits per heavy atom. The highest BCUT2D eigenvalue weighted by Gasteiger charge is 2.38. The van der Waals surface area contributed by atoms with Gasteiger partial charge in [-0.2, -0.15) is 8.42 Å². The topological polar surface area (TPSA) is 123 Å². The minimum atomic E-state index is -4.21. The molecular weight excluding hydrogens is 652 g/mol. The van der Waals surface area contributed by atoms with Gasteiger partial charge in [-0.25, -0.2) is 9.86 Å². The Bertz CT molecular complexity index is 1540. The van der Waals surface area contributed by atoms with Crippen molar-refractivity contribution < 1.29 is 27.4 Å². The maximum absolute atomic E-state index is 12.9. The van der Waals surface area contributed by atoms with Crippen molar-refractivity contribution in [2.24, 2.45) is 22.9 Å². The summed E-state index contributed by atoms with van der Waals surface area (Å²) in [4.78, 5) is 17.6. The Balaban J connectivity index is 1.22. The van der Waals surface area contributed by atoms with Gasteiger partial charge in [0.15, 0.2) is 0 Å². The van der Waals surface area contributed by atoms with Gasteiger partial charge >= 0.3 is 0 Å². The van der Waals surface area contributed by atoms with Crippen molar-refractivity contribution >= 4 is 33.4 Å². The largest absolute Gasteiger partial charge is 0.487 e. The zero-order valence-corrected chi connectivity index (χ0v) is 29.2. The summed E-state index contributed by atoms with van der Waals surface area (Å²) in [6.07, 6.45) is 13.4. The van der Waals surface area contributed by atoms with E-state index in [2.05, 4.69) is 22.0 Å². The number of allylic oxidation sites excluding steroid dienone is 1. The molecule has 12 heteroatoms. The lowest BCUT2D eigenvalue weighted by molar-refractivity contribution is -0.0313. The summed E-state index contributed by atoms with van der Waals surface area (Å²) >= 11 is 6.35. The van der Waals surface area contributed by atoms with E-state index < -0.39 is 16.1 Å². The van der Waals surface area contributed by atoms with E-state index in [1.165, 1.54) is 18.4 Å². The van der Waals surface area contributed by atoms with E-state index in [4.69, 9.17) is 31.0 Å². The molecule has 3 N–H and O–H groups in total. The number of anilines is 1. The summed E-state index contributed by atoms with van der Waals surface area (Å²) in [5, 5.41) is 5.84. The predicted octanol–water partition coefficient (Wildman–Crippen LogP) is 5.09. The molecule has 10 nitrogen and oxygen atoms in total. The van der Waals surface area contributed by atoms with Gasteiger partial charge in [0.2, 0.25) is 0 Å². The van der Waals surface area contributed by atoms with Gasteiger partial charge in [-0.3, -0.25) is 9.69 Å². The number of carbonyl (C=O) groups is 1. The van der Waals surface area contributed by atoms with Gasteiger partial charge in [0, 0.05) is 43.3 Å². The molecule has 4 aliphatic rings. The smallest absolute Gasteiger partial charge is 0.298 e. The third-order valence-corrected chi connectivity index (χ3v) is 10.8. The number of hydrogen-bond donors (Lipinski definition) is 2. The van der Waals surface area contributed by atoms with Crippen molar-refractivity contribution in [3.63, 3.8) is 0 Å². The Morgan fingerprint density at radius 1 is 1.06 bits per heavy atom. The van der Waals surface area contributed by atoms with Gasteiger partial charge in [-0.15, -0.1) is 0 Å². The molecule has 1 amide bonds. The molecule has 2 saturated carbocycles. The number of benzene rings is 2. The molecular formula is C36H49ClN4O6S. The van der Waals surface area contributed by atoms with Crippen LogP contribution in [0.2, 0.25) is 5.02 Å². The van der Waals surface area contributed by atoms with E-state index in [0.29, 0.717) is 35.8 Å². The van der Waals surface area contributed by atoms with Crippen molar-refractivity contribution in [3.8, 4) is 5.75 Å². The lowest BCUT2D eigenvalue weighted by atomic mass is 9.70. The van der Waals surface area contributed by atoms with Crippen molar-refractivity contribution in [1.82, 2.24) is 9.62 Å². The molecule has 262 valence electrons. The summed E-state index contributed by atoms with van der Waals surface area (Å²) in [6, 6.07) is 11.0. The fraction of sp³-hybridized carbons (Fsp3) is 0.583. The molecule has 2 aromatic carbocycles. The molecule has 6 rings (SSSR count). The highest BCUT2D eigenvalue weighted by Crippen LogP contribution is 2.42. The standard InChI is InChI=1S/C36H49ClN4O6S/c37-31-12-9-30-25-47-35-14-11-28(36(42)39-48(38,43)44)23-33(35)41(15-2-1-5-27(30)22-31)24-29-10-13-32(29)34(6-3-4-26-7-8-26)46-21-18-40-16-19-45-20-17-40/h3,6,9,11-12,14,22-23,26,29,32,34H,1-2,4-5,7-8,10,13,15-21,24-25H2,(H,39,42)(H2,38,43,44)/b6-3+/t29-,32+,34?/m0/s1. The summed E-state index contributed by atoms with van der Waals surface area (Å²) in [5.74, 6) is 1.46. The molecule has 1 unspecified atom stereocenters. The Kier molecular flexibility index (Phi) is 12.0. The summed E-state index contributed by atoms with van der Waals surface area (Å²) in [5.41, 5.74) is 3.23. The second kappa shape index (κ2) is 16.4. The Morgan fingerprint density at radius 2 is 1.90 bits per heavy atom. The first-order valence-electron chi connectivity index (χ1n) is 17.4. The first-order chi connectivity index (χ1) is 23.2. The van der Waals surface area contributed by atoms with Crippen LogP contribution in [-0.4, -0.2) is 77.9 Å². The predicted molar refractivity (Wildman–Crippen MR) is 188 cm³/mol. The molecule has 1 saturated heterocycles. The van der Waals surface area contributed by atoms with Crippen LogP contribution < -0.4 is 19.5 Å². The van der Waals surface area contributed by atoms with Crippen molar-refractivity contribution in [3.05, 3.63) is 70.3 Å². The molecule has 0 spiro atoms. The third-order valence-electron chi connectivity index (χ3n) is 10.1. The number of ether oxygens (including phenoxy) is 3. The summed E-state index contributed by atoms with van der Waals surface area (Å²) in [6.45, 7) is 6.94. The number of amides is 1. The number of nitrogens with two attached hydrogens (primary N) is 1. The number of halogens is 1. The van der Waals surface area contributed by atoms with Gasteiger partial charge in [-0.1, -0.05) is 29.8 Å². The zero-order valence-electron chi connectivity index (χ0n) is 27.7. The Hall–Kier alpha value is -2.67. The monoisotopic (exact) mass is 700 g/mol. The van der Waals surface area contributed by atoms with Crippen molar-refractivity contribution in [2.45, 2.75) is 64.1 Å². The third kappa shape index (κ3) is 9.95. The molecule has 0 bridgehead atoms. The van der Waals surface area contributed by atoms with Gasteiger partial charge in [0.05, 0.1) is 31.6 Å². The molecule has 48 heavy (non-hydrogen) atoms. The molecule has 2 heterocycles. The van der Waals surface area contributed by atoms with E-state index in [0.717, 1.165) is 102 Å². The quantitative estimate of drug-likeness (QED) is 0.294. The normalized spacial score (nSPS) is 22.9. The van der Waals surface area contributed by atoms with Crippen LogP contribution in [0.25, 0.3) is 0 Å². The van der Waals surface area contributed by atoms with E-state index in [1.807, 2.05) is 22.9 Å². The highest BCUT2D eigenvalue weighted by molar-refractivity contribution is 7.87. The van der Waals surface area contributed by atoms with Crippen LogP contribution in [0.5, 0.6) is 5.75 Å². The average Bonchev–Trinajstić information content (AvgIpc) is 3.87. The van der Waals surface area contributed by atoms with Crippen LogP contribution in [0.3, 0.4) is 0 Å². The van der Waals surface area contributed by atoms with Crippen LogP contribution in [0.15, 0.2) is 48.6 Å². The van der Waals surface area contributed by atoms with Crippen molar-refractivity contribution in [1.29, 1.82) is 0 Å². The number of carbonyl (C=O) groups excluding carboxylic acids is 1. The molecule has 3 fully saturated rings. The first kappa shape index (κ1) is 35.2. The van der Waals surface area contributed by atoms with E-state index in [1.54, 1.807) is 18.2 Å². The summed E-state index contributed by atoms with van der Waals surface area (Å²) in [7, 11) is -4.21. The number of hydrogen-bond acceptors (Lipinski definition) is 8. The SMILES string of the molecule is NS(=O)(=O)NC(=O)c1ccc2c(c1)N(C[C@@H]1CC[C@H]1C(/C=C/CC1CC1)OCCN1CCOCC1)CCCCc1cc(Cl)ccc1CO2. The molecule has 0 radical (unpaired) electrons. The fourth-order valence-electron chi connectivity index (χ4n) is 7.03. The number of fused-ring (bicyclic) bond motifs is 2. The highest BCUT2D eigenvalue weighted by atomic mass is 35.5. The molecule has 2 aliphatic carbocycles. The van der Waals surface area contributed by atoms with Crippen LogP contribution in [0.4, 0.5) is 5.69 Å². The number of nitrogens with zero attached hydrogens (tertiary/aromatic N) is 2. The Labute approximate surface area is 290 Å². The summed E-state index contributed by atoms with van der Waals surface area (Å²) < 4.78 is 43.9. The minimum absolute atomic E-state index is 0.0503. The van der Waals surface area contributed by atoms with Crippen LogP contribution in [-0.2, 0) is 32.7 Å². The van der Waals surface area contributed by atoms with E-state index in [9.17, 15) is 13.2 Å². The maximum atomic E-state index is 12.9. The second-order valence-corrected chi connectivity index (χ2v) is 15.4. The van der Waals surface area contributed by atoms with Gasteiger partial charge in [0.1, 0.15) is 12.4 Å². The zero-order chi connectivity index (χ0) is 33.5. The minimum Gasteiger partial charge on any atom is -0.487 e. The number of morpholine rings is 1. The molecule has 0 aromatic heterocycles. The first-order valence-corrected chi connectivity index (χ1v) is 19.4. The number of nitrogens with one attached hydrogen (secondary N) is 1. The molecule has 2 aromatic rings. The molecule has 2 aliphatic heterocycles. The van der Waals surface area contributed by atoms with Crippen LogP contribution in [0.1, 0.15) is 66.4 Å². The van der Waals surface area contributed by atoms with Crippen LogP contribution in [0, 0.1) is 17.8 Å². The number of aryl methyl sites for hydroxylation is 1. The van der Waals surface area contributed by atoms with Crippen LogP contribution >= 0.6 is 11.6 Å². The van der Waals surface area contributed by atoms with Crippen molar-refractivity contribution in [2.75, 3.05) is 57.4 Å². The lowest BCUT2D eigenvalue weighted by Gasteiger charge is -2.44. The lowest BCUT2D eigenvalue weighted by Crippen LogP contribution is -2.45. The van der Waals surface area contributed by atoms with E-state index >= 15 is 0 Å². The maximum Gasteiger partial charge on any atom is 0.298 e. The van der Waals surface area contributed by atoms with E-state index in [-0.39, 0.29) is 11.7 Å². The average molecular weight is 701 g/mol. The second-order valence-electron chi connectivity index (χ2n) is 13.7. The van der Waals surface area contributed by atoms with Gasteiger partial charge < -0.3 is 19.1 Å². The number of rotatable bonds is 12. The van der Waals surface area contributed by atoms with Gasteiger partial charge in [-0.05, 0) is 111 Å².